The second-order valence-corrected chi connectivity index (χ2v) is 12.1. The Morgan fingerprint density at radius 2 is 1.64 bits per heavy atom. The van der Waals surface area contributed by atoms with Gasteiger partial charge in [-0.3, -0.25) is 9.59 Å². The molecule has 8 nitrogen and oxygen atoms in total. The highest BCUT2D eigenvalue weighted by Gasteiger charge is 2.39. The van der Waals surface area contributed by atoms with E-state index in [-0.39, 0.29) is 48.2 Å². The molecule has 1 unspecified atom stereocenters. The number of carbonyl (C=O) groups excluding carboxylic acids is 2. The molecule has 2 aliphatic carbocycles. The van der Waals surface area contributed by atoms with Gasteiger partial charge < -0.3 is 25.4 Å². The maximum atomic E-state index is 13.8. The summed E-state index contributed by atoms with van der Waals surface area (Å²) in [5, 5.41) is 14.3. The fourth-order valence-corrected chi connectivity index (χ4v) is 6.12. The number of alkyl halides is 3. The van der Waals surface area contributed by atoms with Crippen molar-refractivity contribution in [2.24, 2.45) is 11.3 Å². The molecule has 2 aromatic rings. The smallest absolute Gasteiger partial charge is 0.481 e. The summed E-state index contributed by atoms with van der Waals surface area (Å²) in [6.45, 7) is 6.73. The van der Waals surface area contributed by atoms with Crippen LogP contribution in [-0.2, 0) is 11.2 Å². The molecule has 4 rings (SSSR count). The van der Waals surface area contributed by atoms with Gasteiger partial charge in [0.05, 0.1) is 12.5 Å². The molecule has 0 saturated heterocycles. The standard InChI is InChI=1S/C31H38F3N3O5/c1-30(2,3)21-6-10-23(11-7-21)37(29(41)36-22-8-12-24(13-9-22)42-31(32,33)34)26-15-5-19-18-20(4-14-25(19)26)28(40)35-17-16-27(38)39/h4,8-9,12-14,18,21,23,26H,5-7,10-11,15-17H2,1-3H3,(H,35,40)(H,36,41)(H,38,39). The van der Waals surface area contributed by atoms with Gasteiger partial charge in [0.2, 0.25) is 0 Å². The number of urea groups is 1. The van der Waals surface area contributed by atoms with Gasteiger partial charge in [-0.05, 0) is 97.4 Å². The van der Waals surface area contributed by atoms with Crippen molar-refractivity contribution in [3.05, 3.63) is 59.2 Å². The van der Waals surface area contributed by atoms with Gasteiger partial charge in [0.15, 0.2) is 0 Å². The molecule has 2 aliphatic rings. The van der Waals surface area contributed by atoms with Crippen molar-refractivity contribution in [3.63, 3.8) is 0 Å². The number of anilines is 1. The van der Waals surface area contributed by atoms with E-state index in [1.807, 2.05) is 11.0 Å². The first-order chi connectivity index (χ1) is 19.7. The predicted octanol–water partition coefficient (Wildman–Crippen LogP) is 6.92. The van der Waals surface area contributed by atoms with E-state index < -0.39 is 12.3 Å². The van der Waals surface area contributed by atoms with Gasteiger partial charge in [-0.2, -0.15) is 0 Å². The number of nitrogens with zero attached hydrogens (tertiary/aromatic N) is 1. The van der Waals surface area contributed by atoms with Gasteiger partial charge in [-0.15, -0.1) is 13.2 Å². The zero-order chi connectivity index (χ0) is 30.7. The second-order valence-electron chi connectivity index (χ2n) is 12.1. The number of amides is 3. The van der Waals surface area contributed by atoms with E-state index in [4.69, 9.17) is 5.11 Å². The number of carboxylic acids is 1. The zero-order valence-corrected chi connectivity index (χ0v) is 24.1. The van der Waals surface area contributed by atoms with Gasteiger partial charge in [0.1, 0.15) is 5.75 Å². The first-order valence-electron chi connectivity index (χ1n) is 14.3. The average molecular weight is 590 g/mol. The molecule has 0 aromatic heterocycles. The van der Waals surface area contributed by atoms with Crippen LogP contribution >= 0.6 is 0 Å². The Morgan fingerprint density at radius 1 is 0.976 bits per heavy atom. The van der Waals surface area contributed by atoms with Crippen molar-refractivity contribution in [1.82, 2.24) is 10.2 Å². The Bertz CT molecular complexity index is 1280. The number of fused-ring (bicyclic) bond motifs is 1. The molecule has 1 atom stereocenters. The third-order valence-electron chi connectivity index (χ3n) is 8.30. The molecule has 0 radical (unpaired) electrons. The van der Waals surface area contributed by atoms with Crippen LogP contribution in [0.3, 0.4) is 0 Å². The third-order valence-corrected chi connectivity index (χ3v) is 8.30. The Labute approximate surface area is 243 Å². The highest BCUT2D eigenvalue weighted by atomic mass is 19.4. The maximum Gasteiger partial charge on any atom is 0.573 e. The van der Waals surface area contributed by atoms with Crippen LogP contribution in [0.5, 0.6) is 5.75 Å². The topological polar surface area (TPSA) is 108 Å². The number of benzene rings is 2. The van der Waals surface area contributed by atoms with Gasteiger partial charge >= 0.3 is 18.4 Å². The lowest BCUT2D eigenvalue weighted by atomic mass is 9.71. The fourth-order valence-electron chi connectivity index (χ4n) is 6.12. The van der Waals surface area contributed by atoms with Gasteiger partial charge in [0.25, 0.3) is 5.91 Å². The number of halogens is 3. The predicted molar refractivity (Wildman–Crippen MR) is 151 cm³/mol. The van der Waals surface area contributed by atoms with Crippen LogP contribution in [0.25, 0.3) is 0 Å². The normalized spacial score (nSPS) is 20.4. The number of carbonyl (C=O) groups is 3. The van der Waals surface area contributed by atoms with Crippen molar-refractivity contribution < 1.29 is 37.4 Å². The summed E-state index contributed by atoms with van der Waals surface area (Å²) in [5.41, 5.74) is 2.87. The molecule has 11 heteroatoms. The average Bonchev–Trinajstić information content (AvgIpc) is 3.31. The lowest BCUT2D eigenvalue weighted by molar-refractivity contribution is -0.274. The van der Waals surface area contributed by atoms with Crippen molar-refractivity contribution in [2.45, 2.75) is 84.2 Å². The summed E-state index contributed by atoms with van der Waals surface area (Å²) in [6, 6.07) is 9.87. The Morgan fingerprint density at radius 3 is 2.24 bits per heavy atom. The van der Waals surface area contributed by atoms with E-state index in [0.29, 0.717) is 30.0 Å². The largest absolute Gasteiger partial charge is 0.573 e. The summed E-state index contributed by atoms with van der Waals surface area (Å²) in [7, 11) is 0. The Kier molecular flexibility index (Phi) is 9.37. The number of ether oxygens (including phenoxy) is 1. The number of rotatable bonds is 8. The Hall–Kier alpha value is -3.76. The molecule has 0 spiro atoms. The number of nitrogens with one attached hydrogen (secondary N) is 2. The van der Waals surface area contributed by atoms with E-state index >= 15 is 0 Å². The minimum atomic E-state index is -4.80. The molecular weight excluding hydrogens is 551 g/mol. The SMILES string of the molecule is CC(C)(C)C1CCC(N(C(=O)Nc2ccc(OC(F)(F)F)cc2)C2CCc3cc(C(=O)NCCC(=O)O)ccc32)CC1. The molecular formula is C31H38F3N3O5. The lowest BCUT2D eigenvalue weighted by Crippen LogP contribution is -2.47. The van der Waals surface area contributed by atoms with Gasteiger partial charge in [-0.1, -0.05) is 26.8 Å². The summed E-state index contributed by atoms with van der Waals surface area (Å²) < 4.78 is 41.7. The number of aliphatic carboxylic acids is 1. The van der Waals surface area contributed by atoms with Crippen LogP contribution in [0.2, 0.25) is 0 Å². The van der Waals surface area contributed by atoms with E-state index in [1.54, 1.807) is 12.1 Å². The molecule has 42 heavy (non-hydrogen) atoms. The molecule has 0 heterocycles. The fraction of sp³-hybridized carbons (Fsp3) is 0.516. The van der Waals surface area contributed by atoms with Crippen LogP contribution in [0.1, 0.15) is 86.8 Å². The number of hydrogen-bond donors (Lipinski definition) is 3. The Balaban J connectivity index is 1.54. The lowest BCUT2D eigenvalue weighted by Gasteiger charge is -2.43. The van der Waals surface area contributed by atoms with Gasteiger partial charge in [-0.25, -0.2) is 4.79 Å². The summed E-state index contributed by atoms with van der Waals surface area (Å²) in [6.07, 6.45) is 0.00604. The van der Waals surface area contributed by atoms with Crippen molar-refractivity contribution in [1.29, 1.82) is 0 Å². The second kappa shape index (κ2) is 12.6. The maximum absolute atomic E-state index is 13.8. The molecule has 228 valence electrons. The highest BCUT2D eigenvalue weighted by Crippen LogP contribution is 2.44. The summed E-state index contributed by atoms with van der Waals surface area (Å²) in [4.78, 5) is 39.1. The van der Waals surface area contributed by atoms with E-state index in [1.165, 1.54) is 12.1 Å². The summed E-state index contributed by atoms with van der Waals surface area (Å²) in [5.74, 6) is -1.17. The van der Waals surface area contributed by atoms with Crippen LogP contribution < -0.4 is 15.4 Å². The first kappa shape index (κ1) is 31.2. The molecule has 0 bridgehead atoms. The summed E-state index contributed by atoms with van der Waals surface area (Å²) >= 11 is 0. The minimum absolute atomic E-state index is 0.0219. The van der Waals surface area contributed by atoms with Gasteiger partial charge in [0, 0.05) is 23.8 Å². The molecule has 0 aliphatic heterocycles. The monoisotopic (exact) mass is 589 g/mol. The van der Waals surface area contributed by atoms with Crippen LogP contribution in [0.4, 0.5) is 23.7 Å². The van der Waals surface area contributed by atoms with Crippen LogP contribution in [-0.4, -0.2) is 46.9 Å². The number of hydrogen-bond acceptors (Lipinski definition) is 4. The molecule has 3 amide bonds. The zero-order valence-electron chi connectivity index (χ0n) is 24.1. The third kappa shape index (κ3) is 7.95. The van der Waals surface area contributed by atoms with Crippen molar-refractivity contribution in [3.8, 4) is 5.75 Å². The van der Waals surface area contributed by atoms with E-state index in [9.17, 15) is 27.6 Å². The molecule has 2 aromatic carbocycles. The van der Waals surface area contributed by atoms with E-state index in [0.717, 1.165) is 48.9 Å². The number of aryl methyl sites for hydroxylation is 1. The molecule has 1 saturated carbocycles. The van der Waals surface area contributed by atoms with Crippen LogP contribution in [0.15, 0.2) is 42.5 Å². The van der Waals surface area contributed by atoms with Crippen molar-refractivity contribution >= 4 is 23.6 Å². The highest BCUT2D eigenvalue weighted by molar-refractivity contribution is 5.95. The quantitative estimate of drug-likeness (QED) is 0.310. The molecule has 1 fully saturated rings. The first-order valence-corrected chi connectivity index (χ1v) is 14.3. The minimum Gasteiger partial charge on any atom is -0.481 e. The molecule has 3 N–H and O–H groups in total. The van der Waals surface area contributed by atoms with E-state index in [2.05, 4.69) is 36.1 Å². The number of carboxylic acid groups (broad SMARTS) is 1. The van der Waals surface area contributed by atoms with Crippen molar-refractivity contribution in [2.75, 3.05) is 11.9 Å². The van der Waals surface area contributed by atoms with Crippen LogP contribution in [0, 0.1) is 11.3 Å².